The Bertz CT molecular complexity index is 774. The number of hydrogen-bond donors (Lipinski definition) is 0. The number of hydrogen-bond acceptors (Lipinski definition) is 2. The molecule has 0 aliphatic carbocycles. The second kappa shape index (κ2) is 8.90. The largest absolute Gasteiger partial charge is 0.341 e. The standard InChI is InChI=1S/C23H28N2O.ClH/c1-18-3-2-12-25(18)14-10-19-4-6-20(7-5-19)21-8-9-23-16-24(17-26)13-11-22(23)15-21;/h4-9,15,17-18H,2-3,10-14,16H2,1H3;1H/t18-;/m1./s1. The quantitative estimate of drug-likeness (QED) is 0.717. The maximum absolute atomic E-state index is 11.0. The first kappa shape index (κ1) is 19.9. The first-order chi connectivity index (χ1) is 12.7. The Hall–Kier alpha value is -1.84. The summed E-state index contributed by atoms with van der Waals surface area (Å²) in [7, 11) is 0. The highest BCUT2D eigenvalue weighted by atomic mass is 35.5. The predicted octanol–water partition coefficient (Wildman–Crippen LogP) is 4.32. The zero-order valence-electron chi connectivity index (χ0n) is 16.1. The van der Waals surface area contributed by atoms with Crippen molar-refractivity contribution in [1.82, 2.24) is 9.80 Å². The first-order valence-electron chi connectivity index (χ1n) is 9.87. The molecule has 1 saturated heterocycles. The third-order valence-corrected chi connectivity index (χ3v) is 6.06. The zero-order chi connectivity index (χ0) is 17.9. The summed E-state index contributed by atoms with van der Waals surface area (Å²) in [5.74, 6) is 0. The Labute approximate surface area is 168 Å². The molecular formula is C23H29ClN2O. The van der Waals surface area contributed by atoms with Crippen molar-refractivity contribution in [2.75, 3.05) is 19.6 Å². The van der Waals surface area contributed by atoms with E-state index in [1.54, 1.807) is 0 Å². The Balaban J connectivity index is 0.00000210. The number of halogens is 1. The van der Waals surface area contributed by atoms with Crippen LogP contribution >= 0.6 is 12.4 Å². The molecule has 0 radical (unpaired) electrons. The van der Waals surface area contributed by atoms with Crippen LogP contribution in [0.1, 0.15) is 36.5 Å². The second-order valence-electron chi connectivity index (χ2n) is 7.78. The molecule has 144 valence electrons. The lowest BCUT2D eigenvalue weighted by molar-refractivity contribution is -0.118. The molecule has 0 spiro atoms. The van der Waals surface area contributed by atoms with Crippen LogP contribution in [0.15, 0.2) is 42.5 Å². The molecule has 3 nitrogen and oxygen atoms in total. The van der Waals surface area contributed by atoms with Crippen LogP contribution in [0.3, 0.4) is 0 Å². The highest BCUT2D eigenvalue weighted by Crippen LogP contribution is 2.26. The fraction of sp³-hybridized carbons (Fsp3) is 0.435. The van der Waals surface area contributed by atoms with E-state index >= 15 is 0 Å². The maximum atomic E-state index is 11.0. The van der Waals surface area contributed by atoms with E-state index in [4.69, 9.17) is 0 Å². The van der Waals surface area contributed by atoms with Gasteiger partial charge < -0.3 is 9.80 Å². The summed E-state index contributed by atoms with van der Waals surface area (Å²) < 4.78 is 0. The number of amides is 1. The number of carbonyl (C=O) groups is 1. The SMILES string of the molecule is C[C@@H]1CCCN1CCc1ccc(-c2ccc3c(c2)CCN(C=O)C3)cc1.Cl. The average molecular weight is 385 g/mol. The van der Waals surface area contributed by atoms with Gasteiger partial charge >= 0.3 is 0 Å². The van der Waals surface area contributed by atoms with Crippen LogP contribution < -0.4 is 0 Å². The van der Waals surface area contributed by atoms with Crippen LogP contribution in [-0.2, 0) is 24.2 Å². The molecule has 2 heterocycles. The van der Waals surface area contributed by atoms with Gasteiger partial charge in [0, 0.05) is 25.7 Å². The number of carbonyl (C=O) groups excluding carboxylic acids is 1. The van der Waals surface area contributed by atoms with Gasteiger partial charge in [-0.05, 0) is 67.0 Å². The van der Waals surface area contributed by atoms with Crippen molar-refractivity contribution in [2.45, 2.75) is 45.2 Å². The summed E-state index contributed by atoms with van der Waals surface area (Å²) in [6, 6.07) is 16.5. The first-order valence-corrected chi connectivity index (χ1v) is 9.87. The van der Waals surface area contributed by atoms with Crippen molar-refractivity contribution >= 4 is 18.8 Å². The Morgan fingerprint density at radius 3 is 2.52 bits per heavy atom. The molecule has 2 aliphatic heterocycles. The third-order valence-electron chi connectivity index (χ3n) is 6.06. The van der Waals surface area contributed by atoms with Crippen LogP contribution in [0.2, 0.25) is 0 Å². The van der Waals surface area contributed by atoms with E-state index in [0.29, 0.717) is 0 Å². The average Bonchev–Trinajstić information content (AvgIpc) is 3.10. The molecule has 0 N–H and O–H groups in total. The molecule has 2 aromatic rings. The molecule has 4 rings (SSSR count). The minimum absolute atomic E-state index is 0. The molecule has 27 heavy (non-hydrogen) atoms. The van der Waals surface area contributed by atoms with Crippen LogP contribution in [-0.4, -0.2) is 41.9 Å². The van der Waals surface area contributed by atoms with Gasteiger partial charge in [-0.15, -0.1) is 12.4 Å². The van der Waals surface area contributed by atoms with Crippen molar-refractivity contribution in [3.05, 3.63) is 59.2 Å². The predicted molar refractivity (Wildman–Crippen MR) is 113 cm³/mol. The van der Waals surface area contributed by atoms with Crippen molar-refractivity contribution in [2.24, 2.45) is 0 Å². The number of fused-ring (bicyclic) bond motifs is 1. The molecule has 4 heteroatoms. The van der Waals surface area contributed by atoms with Gasteiger partial charge in [-0.3, -0.25) is 4.79 Å². The van der Waals surface area contributed by atoms with Gasteiger partial charge in [0.25, 0.3) is 0 Å². The molecular weight excluding hydrogens is 356 g/mol. The summed E-state index contributed by atoms with van der Waals surface area (Å²) >= 11 is 0. The zero-order valence-corrected chi connectivity index (χ0v) is 16.9. The number of likely N-dealkylation sites (tertiary alicyclic amines) is 1. The van der Waals surface area contributed by atoms with Gasteiger partial charge in [-0.25, -0.2) is 0 Å². The second-order valence-corrected chi connectivity index (χ2v) is 7.78. The Kier molecular flexibility index (Phi) is 6.56. The van der Waals surface area contributed by atoms with E-state index in [2.05, 4.69) is 54.3 Å². The smallest absolute Gasteiger partial charge is 0.210 e. The summed E-state index contributed by atoms with van der Waals surface area (Å²) in [6.07, 6.45) is 5.74. The molecule has 2 aromatic carbocycles. The molecule has 1 atom stereocenters. The van der Waals surface area contributed by atoms with Gasteiger partial charge in [0.05, 0.1) is 0 Å². The van der Waals surface area contributed by atoms with E-state index in [1.165, 1.54) is 53.7 Å². The monoisotopic (exact) mass is 384 g/mol. The molecule has 0 bridgehead atoms. The molecule has 0 saturated carbocycles. The maximum Gasteiger partial charge on any atom is 0.210 e. The lowest BCUT2D eigenvalue weighted by Crippen LogP contribution is -2.29. The minimum Gasteiger partial charge on any atom is -0.341 e. The van der Waals surface area contributed by atoms with E-state index in [-0.39, 0.29) is 12.4 Å². The van der Waals surface area contributed by atoms with Crippen molar-refractivity contribution in [1.29, 1.82) is 0 Å². The topological polar surface area (TPSA) is 23.6 Å². The Morgan fingerprint density at radius 2 is 1.81 bits per heavy atom. The fourth-order valence-corrected chi connectivity index (χ4v) is 4.31. The molecule has 2 aliphatic rings. The van der Waals surface area contributed by atoms with Crippen molar-refractivity contribution in [3.63, 3.8) is 0 Å². The molecule has 0 unspecified atom stereocenters. The number of nitrogens with zero attached hydrogens (tertiary/aromatic N) is 2. The fourth-order valence-electron chi connectivity index (χ4n) is 4.31. The summed E-state index contributed by atoms with van der Waals surface area (Å²) in [5.41, 5.74) is 6.65. The highest BCUT2D eigenvalue weighted by molar-refractivity contribution is 5.85. The van der Waals surface area contributed by atoms with Crippen LogP contribution in [0.5, 0.6) is 0 Å². The molecule has 0 aromatic heterocycles. The third kappa shape index (κ3) is 4.53. The number of rotatable bonds is 5. The summed E-state index contributed by atoms with van der Waals surface area (Å²) in [6.45, 7) is 6.35. The van der Waals surface area contributed by atoms with E-state index in [0.717, 1.165) is 38.4 Å². The van der Waals surface area contributed by atoms with Gasteiger partial charge in [-0.1, -0.05) is 42.5 Å². The highest BCUT2D eigenvalue weighted by Gasteiger charge is 2.19. The summed E-state index contributed by atoms with van der Waals surface area (Å²) in [5, 5.41) is 0. The van der Waals surface area contributed by atoms with Gasteiger partial charge in [0.15, 0.2) is 0 Å². The lowest BCUT2D eigenvalue weighted by atomic mass is 9.94. The van der Waals surface area contributed by atoms with E-state index in [1.807, 2.05) is 4.90 Å². The van der Waals surface area contributed by atoms with Crippen LogP contribution in [0.25, 0.3) is 11.1 Å². The Morgan fingerprint density at radius 1 is 1.04 bits per heavy atom. The number of benzene rings is 2. The molecule has 1 amide bonds. The van der Waals surface area contributed by atoms with E-state index in [9.17, 15) is 4.79 Å². The minimum atomic E-state index is 0. The molecule has 1 fully saturated rings. The van der Waals surface area contributed by atoms with Crippen LogP contribution in [0.4, 0.5) is 0 Å². The van der Waals surface area contributed by atoms with Crippen molar-refractivity contribution in [3.8, 4) is 11.1 Å². The van der Waals surface area contributed by atoms with Gasteiger partial charge in [0.2, 0.25) is 6.41 Å². The normalized spacial score (nSPS) is 19.4. The van der Waals surface area contributed by atoms with Gasteiger partial charge in [-0.2, -0.15) is 0 Å². The van der Waals surface area contributed by atoms with Crippen molar-refractivity contribution < 1.29 is 4.79 Å². The lowest BCUT2D eigenvalue weighted by Gasteiger charge is -2.25. The van der Waals surface area contributed by atoms with E-state index < -0.39 is 0 Å². The van der Waals surface area contributed by atoms with Crippen LogP contribution in [0, 0.1) is 0 Å². The summed E-state index contributed by atoms with van der Waals surface area (Å²) in [4.78, 5) is 15.4. The van der Waals surface area contributed by atoms with Gasteiger partial charge in [0.1, 0.15) is 0 Å².